The van der Waals surface area contributed by atoms with E-state index in [9.17, 15) is 9.59 Å². The van der Waals surface area contributed by atoms with Gasteiger partial charge in [0.1, 0.15) is 12.2 Å². The highest BCUT2D eigenvalue weighted by atomic mass is 16.5. The largest absolute Gasteiger partial charge is 0.466 e. The van der Waals surface area contributed by atoms with Gasteiger partial charge in [0.25, 0.3) is 5.56 Å². The number of rotatable bonds is 3. The van der Waals surface area contributed by atoms with Crippen LogP contribution in [0.15, 0.2) is 15.3 Å². The Bertz CT molecular complexity index is 383. The number of aromatic nitrogens is 1. The summed E-state index contributed by atoms with van der Waals surface area (Å²) in [6, 6.07) is 1.26. The second kappa shape index (κ2) is 4.55. The molecule has 5 nitrogen and oxygen atoms in total. The standard InChI is InChI=1S/C9H11NO4/c1-3-13-9(12)5-8-10-7(11)4-6(2)14-8/h4H,3,5H2,1-2H3. The van der Waals surface area contributed by atoms with Crippen LogP contribution < -0.4 is 5.56 Å². The first-order chi connectivity index (χ1) is 6.61. The van der Waals surface area contributed by atoms with E-state index < -0.39 is 11.5 Å². The lowest BCUT2D eigenvalue weighted by molar-refractivity contribution is -0.142. The Hall–Kier alpha value is -1.65. The van der Waals surface area contributed by atoms with Crippen LogP contribution in [0.25, 0.3) is 0 Å². The van der Waals surface area contributed by atoms with Crippen LogP contribution in [-0.2, 0) is 16.0 Å². The molecule has 0 N–H and O–H groups in total. The molecule has 5 heteroatoms. The molecule has 0 spiro atoms. The molecule has 1 heterocycles. The predicted molar refractivity (Wildman–Crippen MR) is 47.8 cm³/mol. The average Bonchev–Trinajstić information content (AvgIpc) is 2.01. The number of hydrogen-bond donors (Lipinski definition) is 0. The summed E-state index contributed by atoms with van der Waals surface area (Å²) in [5.41, 5.74) is -0.409. The van der Waals surface area contributed by atoms with Gasteiger partial charge >= 0.3 is 5.97 Å². The summed E-state index contributed by atoms with van der Waals surface area (Å²) >= 11 is 0. The molecule has 0 amide bonds. The third-order valence-electron chi connectivity index (χ3n) is 1.44. The molecule has 0 aliphatic rings. The maximum absolute atomic E-state index is 11.0. The minimum absolute atomic E-state index is 0.0912. The Kier molecular flexibility index (Phi) is 3.39. The van der Waals surface area contributed by atoms with Crippen molar-refractivity contribution in [3.63, 3.8) is 0 Å². The van der Waals surface area contributed by atoms with E-state index in [-0.39, 0.29) is 12.3 Å². The fraction of sp³-hybridized carbons (Fsp3) is 0.444. The molecule has 0 saturated carbocycles. The molecule has 1 aromatic heterocycles. The number of aryl methyl sites for hydroxylation is 1. The van der Waals surface area contributed by atoms with Gasteiger partial charge < -0.3 is 9.15 Å². The van der Waals surface area contributed by atoms with Gasteiger partial charge in [-0.2, -0.15) is 4.98 Å². The number of carbonyl (C=O) groups is 1. The Balaban J connectivity index is 2.76. The third kappa shape index (κ3) is 3.01. The van der Waals surface area contributed by atoms with Crippen molar-refractivity contribution in [3.05, 3.63) is 28.1 Å². The van der Waals surface area contributed by atoms with Crippen LogP contribution in [0.1, 0.15) is 18.6 Å². The minimum Gasteiger partial charge on any atom is -0.466 e. The summed E-state index contributed by atoms with van der Waals surface area (Å²) in [5, 5.41) is 0. The van der Waals surface area contributed by atoms with Crippen molar-refractivity contribution in [2.75, 3.05) is 6.61 Å². The molecule has 1 aromatic rings. The molecular formula is C9H11NO4. The van der Waals surface area contributed by atoms with E-state index in [1.165, 1.54) is 6.07 Å². The van der Waals surface area contributed by atoms with Crippen molar-refractivity contribution in [1.82, 2.24) is 4.98 Å². The van der Waals surface area contributed by atoms with E-state index in [1.807, 2.05) is 0 Å². The highest BCUT2D eigenvalue weighted by Gasteiger charge is 2.08. The van der Waals surface area contributed by atoms with Gasteiger partial charge in [0.05, 0.1) is 6.61 Å². The van der Waals surface area contributed by atoms with Crippen LogP contribution in [0.2, 0.25) is 0 Å². The zero-order chi connectivity index (χ0) is 10.6. The van der Waals surface area contributed by atoms with Gasteiger partial charge in [-0.3, -0.25) is 9.59 Å². The third-order valence-corrected chi connectivity index (χ3v) is 1.44. The molecule has 0 radical (unpaired) electrons. The van der Waals surface area contributed by atoms with Crippen molar-refractivity contribution in [3.8, 4) is 0 Å². The lowest BCUT2D eigenvalue weighted by atomic mass is 10.4. The van der Waals surface area contributed by atoms with Gasteiger partial charge in [-0.1, -0.05) is 0 Å². The van der Waals surface area contributed by atoms with Crippen LogP contribution in [0.5, 0.6) is 0 Å². The van der Waals surface area contributed by atoms with Gasteiger partial charge in [0.15, 0.2) is 0 Å². The zero-order valence-corrected chi connectivity index (χ0v) is 8.07. The Morgan fingerprint density at radius 3 is 2.93 bits per heavy atom. The summed E-state index contributed by atoms with van der Waals surface area (Å²) in [6.07, 6.45) is -0.106. The summed E-state index contributed by atoms with van der Waals surface area (Å²) in [4.78, 5) is 25.5. The molecule has 1 rings (SSSR count). The molecule has 14 heavy (non-hydrogen) atoms. The minimum atomic E-state index is -0.450. The van der Waals surface area contributed by atoms with Crippen molar-refractivity contribution in [1.29, 1.82) is 0 Å². The molecule has 0 saturated heterocycles. The quantitative estimate of drug-likeness (QED) is 0.658. The Morgan fingerprint density at radius 1 is 1.64 bits per heavy atom. The van der Waals surface area contributed by atoms with Gasteiger partial charge in [0.2, 0.25) is 5.89 Å². The number of carbonyl (C=O) groups excluding carboxylic acids is 1. The van der Waals surface area contributed by atoms with Crippen molar-refractivity contribution in [2.45, 2.75) is 20.3 Å². The number of ether oxygens (including phenoxy) is 1. The van der Waals surface area contributed by atoms with E-state index in [0.29, 0.717) is 12.4 Å². The van der Waals surface area contributed by atoms with Crippen molar-refractivity contribution >= 4 is 5.97 Å². The summed E-state index contributed by atoms with van der Waals surface area (Å²) in [5.74, 6) is 0.0755. The summed E-state index contributed by atoms with van der Waals surface area (Å²) < 4.78 is 9.75. The van der Waals surface area contributed by atoms with E-state index in [1.54, 1.807) is 13.8 Å². The van der Waals surface area contributed by atoms with Crippen molar-refractivity contribution < 1.29 is 13.9 Å². The molecular weight excluding hydrogens is 186 g/mol. The van der Waals surface area contributed by atoms with Crippen LogP contribution in [0.3, 0.4) is 0 Å². The molecule has 0 bridgehead atoms. The molecule has 0 atom stereocenters. The second-order valence-electron chi connectivity index (χ2n) is 2.68. The van der Waals surface area contributed by atoms with Gasteiger partial charge in [-0.25, -0.2) is 0 Å². The fourth-order valence-corrected chi connectivity index (χ4v) is 0.978. The van der Waals surface area contributed by atoms with Crippen LogP contribution >= 0.6 is 0 Å². The second-order valence-corrected chi connectivity index (χ2v) is 2.68. The average molecular weight is 197 g/mol. The number of nitrogens with zero attached hydrogens (tertiary/aromatic N) is 1. The Labute approximate surface area is 80.7 Å². The van der Waals surface area contributed by atoms with Crippen molar-refractivity contribution in [2.24, 2.45) is 0 Å². The number of esters is 1. The van der Waals surface area contributed by atoms with Crippen LogP contribution in [-0.4, -0.2) is 17.6 Å². The van der Waals surface area contributed by atoms with E-state index in [2.05, 4.69) is 9.72 Å². The first-order valence-electron chi connectivity index (χ1n) is 4.25. The topological polar surface area (TPSA) is 69.4 Å². The highest BCUT2D eigenvalue weighted by Crippen LogP contribution is 1.98. The summed E-state index contributed by atoms with van der Waals surface area (Å²) in [7, 11) is 0. The zero-order valence-electron chi connectivity index (χ0n) is 8.07. The first-order valence-corrected chi connectivity index (χ1v) is 4.25. The maximum Gasteiger partial charge on any atom is 0.315 e. The Morgan fingerprint density at radius 2 is 2.36 bits per heavy atom. The maximum atomic E-state index is 11.0. The normalized spacial score (nSPS) is 9.86. The van der Waals surface area contributed by atoms with Crippen LogP contribution in [0, 0.1) is 6.92 Å². The van der Waals surface area contributed by atoms with E-state index in [0.717, 1.165) is 0 Å². The lowest BCUT2D eigenvalue weighted by Crippen LogP contribution is -2.14. The molecule has 0 fully saturated rings. The first kappa shape index (κ1) is 10.4. The smallest absolute Gasteiger partial charge is 0.315 e. The van der Waals surface area contributed by atoms with E-state index in [4.69, 9.17) is 4.42 Å². The molecule has 0 unspecified atom stereocenters. The molecule has 0 aliphatic carbocycles. The monoisotopic (exact) mass is 197 g/mol. The van der Waals surface area contributed by atoms with Gasteiger partial charge in [0, 0.05) is 6.07 Å². The van der Waals surface area contributed by atoms with Gasteiger partial charge in [-0.05, 0) is 13.8 Å². The predicted octanol–water partition coefficient (Wildman–Crippen LogP) is 0.449. The van der Waals surface area contributed by atoms with Gasteiger partial charge in [-0.15, -0.1) is 0 Å². The fourth-order valence-electron chi connectivity index (χ4n) is 0.978. The highest BCUT2D eigenvalue weighted by molar-refractivity contribution is 5.71. The molecule has 0 aliphatic heterocycles. The van der Waals surface area contributed by atoms with E-state index >= 15 is 0 Å². The molecule has 0 aromatic carbocycles. The van der Waals surface area contributed by atoms with Crippen LogP contribution in [0.4, 0.5) is 0 Å². The summed E-state index contributed by atoms with van der Waals surface area (Å²) in [6.45, 7) is 3.63. The molecule has 76 valence electrons. The SMILES string of the molecule is CCOC(=O)Cc1nc(=O)cc(C)o1. The number of hydrogen-bond acceptors (Lipinski definition) is 5. The lowest BCUT2D eigenvalue weighted by Gasteiger charge is -2.00.